The Bertz CT molecular complexity index is 798. The number of aromatic nitrogens is 2. The van der Waals surface area contributed by atoms with E-state index in [0.29, 0.717) is 11.4 Å². The highest BCUT2D eigenvalue weighted by Crippen LogP contribution is 2.24. The average Bonchev–Trinajstić information content (AvgIpc) is 2.62. The van der Waals surface area contributed by atoms with Gasteiger partial charge in [-0.05, 0) is 36.1 Å². The first kappa shape index (κ1) is 22.1. The van der Waals surface area contributed by atoms with Crippen molar-refractivity contribution in [2.24, 2.45) is 11.8 Å². The van der Waals surface area contributed by atoms with Crippen LogP contribution >= 0.6 is 23.2 Å². The van der Waals surface area contributed by atoms with Gasteiger partial charge in [0.25, 0.3) is 0 Å². The average molecular weight is 425 g/mol. The van der Waals surface area contributed by atoms with Gasteiger partial charge < -0.3 is 9.47 Å². The molecule has 0 aliphatic carbocycles. The Kier molecular flexibility index (Phi) is 7.78. The van der Waals surface area contributed by atoms with Crippen molar-refractivity contribution >= 4 is 35.1 Å². The Morgan fingerprint density at radius 1 is 0.786 bits per heavy atom. The Hall–Kier alpha value is -2.18. The lowest BCUT2D eigenvalue weighted by atomic mass is 10.1. The Morgan fingerprint density at radius 2 is 1.14 bits per heavy atom. The van der Waals surface area contributed by atoms with Crippen molar-refractivity contribution in [2.75, 3.05) is 13.2 Å². The highest BCUT2D eigenvalue weighted by atomic mass is 35.5. The number of ether oxygens (including phenoxy) is 2. The lowest BCUT2D eigenvalue weighted by molar-refractivity contribution is 0.0450. The van der Waals surface area contributed by atoms with Gasteiger partial charge in [0.1, 0.15) is 10.3 Å². The highest BCUT2D eigenvalue weighted by Gasteiger charge is 2.16. The van der Waals surface area contributed by atoms with Crippen LogP contribution in [0.4, 0.5) is 0 Å². The summed E-state index contributed by atoms with van der Waals surface area (Å²) in [4.78, 5) is 32.9. The topological polar surface area (TPSA) is 78.4 Å². The molecule has 0 bridgehead atoms. The number of pyridine rings is 2. The number of esters is 2. The van der Waals surface area contributed by atoms with Gasteiger partial charge in [0.2, 0.25) is 0 Å². The molecule has 6 nitrogen and oxygen atoms in total. The SMILES string of the molecule is CC(C)COC(=O)c1cc(Cl)nc(-c2cc(C(=O)OCC(C)C)cc(Cl)n2)c1. The standard InChI is InChI=1S/C20H22Cl2N2O4/c1-11(2)9-27-19(25)13-5-15(23-17(21)7-13)16-6-14(8-18(22)24-16)20(26)28-10-12(3)4/h5-8,11-12H,9-10H2,1-4H3. The van der Waals surface area contributed by atoms with Crippen molar-refractivity contribution in [1.29, 1.82) is 0 Å². The van der Waals surface area contributed by atoms with Crippen LogP contribution in [0.3, 0.4) is 0 Å². The van der Waals surface area contributed by atoms with E-state index in [1.165, 1.54) is 24.3 Å². The second-order valence-electron chi connectivity index (χ2n) is 7.11. The van der Waals surface area contributed by atoms with Crippen LogP contribution in [-0.2, 0) is 9.47 Å². The molecule has 0 saturated carbocycles. The number of hydrogen-bond acceptors (Lipinski definition) is 6. The highest BCUT2D eigenvalue weighted by molar-refractivity contribution is 6.30. The van der Waals surface area contributed by atoms with Gasteiger partial charge in [-0.1, -0.05) is 50.9 Å². The molecule has 0 aliphatic heterocycles. The number of carbonyl (C=O) groups excluding carboxylic acids is 2. The Balaban J connectivity index is 2.34. The summed E-state index contributed by atoms with van der Waals surface area (Å²) in [5.74, 6) is -0.625. The van der Waals surface area contributed by atoms with E-state index in [0.717, 1.165) is 0 Å². The second-order valence-corrected chi connectivity index (χ2v) is 7.89. The Labute approximate surface area is 174 Å². The van der Waals surface area contributed by atoms with Gasteiger partial charge in [0.15, 0.2) is 0 Å². The van der Waals surface area contributed by atoms with Crippen LogP contribution in [0.2, 0.25) is 10.3 Å². The summed E-state index contributed by atoms with van der Waals surface area (Å²) in [6, 6.07) is 5.82. The number of rotatable bonds is 7. The van der Waals surface area contributed by atoms with Gasteiger partial charge in [0.05, 0.1) is 35.7 Å². The maximum absolute atomic E-state index is 12.2. The van der Waals surface area contributed by atoms with Gasteiger partial charge in [-0.3, -0.25) is 0 Å². The van der Waals surface area contributed by atoms with Crippen LogP contribution < -0.4 is 0 Å². The summed E-state index contributed by atoms with van der Waals surface area (Å²) >= 11 is 12.1. The summed E-state index contributed by atoms with van der Waals surface area (Å²) in [7, 11) is 0. The van der Waals surface area contributed by atoms with Crippen molar-refractivity contribution in [3.05, 3.63) is 45.7 Å². The normalized spacial score (nSPS) is 11.0. The lowest BCUT2D eigenvalue weighted by Crippen LogP contribution is -2.11. The third-order valence-electron chi connectivity index (χ3n) is 3.42. The fourth-order valence-electron chi connectivity index (χ4n) is 2.14. The van der Waals surface area contributed by atoms with Gasteiger partial charge >= 0.3 is 11.9 Å². The van der Waals surface area contributed by atoms with Crippen LogP contribution in [0.5, 0.6) is 0 Å². The van der Waals surface area contributed by atoms with Gasteiger partial charge in [-0.2, -0.15) is 0 Å². The molecule has 0 N–H and O–H groups in total. The van der Waals surface area contributed by atoms with Crippen LogP contribution in [0.15, 0.2) is 24.3 Å². The van der Waals surface area contributed by atoms with E-state index in [9.17, 15) is 9.59 Å². The van der Waals surface area contributed by atoms with E-state index in [2.05, 4.69) is 9.97 Å². The summed E-state index contributed by atoms with van der Waals surface area (Å²) in [5, 5.41) is 0.194. The van der Waals surface area contributed by atoms with Crippen molar-refractivity contribution in [1.82, 2.24) is 9.97 Å². The first-order valence-electron chi connectivity index (χ1n) is 8.85. The third kappa shape index (κ3) is 6.46. The minimum absolute atomic E-state index is 0.0970. The quantitative estimate of drug-likeness (QED) is 0.455. The molecule has 2 rings (SSSR count). The summed E-state index contributed by atoms with van der Waals surface area (Å²) in [6.07, 6.45) is 0. The summed E-state index contributed by atoms with van der Waals surface area (Å²) < 4.78 is 10.5. The van der Waals surface area contributed by atoms with E-state index in [1.807, 2.05) is 27.7 Å². The molecule has 2 heterocycles. The maximum atomic E-state index is 12.2. The zero-order chi connectivity index (χ0) is 20.8. The zero-order valence-corrected chi connectivity index (χ0v) is 17.7. The van der Waals surface area contributed by atoms with Crippen LogP contribution in [-0.4, -0.2) is 35.1 Å². The zero-order valence-electron chi connectivity index (χ0n) is 16.2. The molecular formula is C20H22Cl2N2O4. The van der Waals surface area contributed by atoms with Crippen LogP contribution in [0, 0.1) is 11.8 Å². The predicted molar refractivity (Wildman–Crippen MR) is 108 cm³/mol. The smallest absolute Gasteiger partial charge is 0.338 e. The molecule has 0 aromatic carbocycles. The first-order chi connectivity index (χ1) is 13.2. The van der Waals surface area contributed by atoms with E-state index in [1.54, 1.807) is 0 Å². The summed E-state index contributed by atoms with van der Waals surface area (Å²) in [6.45, 7) is 8.33. The molecule has 2 aromatic heterocycles. The number of carbonyl (C=O) groups is 2. The fraction of sp³-hybridized carbons (Fsp3) is 0.400. The molecule has 0 atom stereocenters. The largest absolute Gasteiger partial charge is 0.462 e. The molecule has 0 saturated heterocycles. The molecule has 0 fully saturated rings. The van der Waals surface area contributed by atoms with Crippen molar-refractivity contribution in [2.45, 2.75) is 27.7 Å². The first-order valence-corrected chi connectivity index (χ1v) is 9.61. The second kappa shape index (κ2) is 9.85. The molecule has 28 heavy (non-hydrogen) atoms. The molecule has 0 unspecified atom stereocenters. The van der Waals surface area contributed by atoms with E-state index < -0.39 is 11.9 Å². The molecule has 2 aromatic rings. The summed E-state index contributed by atoms with van der Waals surface area (Å²) in [5.41, 5.74) is 1.07. The molecule has 0 radical (unpaired) electrons. The molecule has 0 aliphatic rings. The van der Waals surface area contributed by atoms with Crippen LogP contribution in [0.25, 0.3) is 11.4 Å². The van der Waals surface area contributed by atoms with Gasteiger partial charge in [0, 0.05) is 0 Å². The van der Waals surface area contributed by atoms with Gasteiger partial charge in [-0.15, -0.1) is 0 Å². The number of halogens is 2. The lowest BCUT2D eigenvalue weighted by Gasteiger charge is -2.10. The van der Waals surface area contributed by atoms with E-state index in [-0.39, 0.29) is 46.5 Å². The van der Waals surface area contributed by atoms with Crippen molar-refractivity contribution in [3.8, 4) is 11.4 Å². The van der Waals surface area contributed by atoms with Crippen molar-refractivity contribution < 1.29 is 19.1 Å². The number of nitrogens with zero attached hydrogens (tertiary/aromatic N) is 2. The molecule has 150 valence electrons. The monoisotopic (exact) mass is 424 g/mol. The van der Waals surface area contributed by atoms with Gasteiger partial charge in [-0.25, -0.2) is 19.6 Å². The fourth-order valence-corrected chi connectivity index (χ4v) is 2.56. The molecule has 0 spiro atoms. The van der Waals surface area contributed by atoms with E-state index >= 15 is 0 Å². The minimum Gasteiger partial charge on any atom is -0.462 e. The Morgan fingerprint density at radius 3 is 1.46 bits per heavy atom. The van der Waals surface area contributed by atoms with Crippen molar-refractivity contribution in [3.63, 3.8) is 0 Å². The third-order valence-corrected chi connectivity index (χ3v) is 3.80. The minimum atomic E-state index is -0.516. The molecule has 0 amide bonds. The predicted octanol–water partition coefficient (Wildman–Crippen LogP) is 5.08. The number of hydrogen-bond donors (Lipinski definition) is 0. The molecule has 8 heteroatoms. The van der Waals surface area contributed by atoms with E-state index in [4.69, 9.17) is 32.7 Å². The van der Waals surface area contributed by atoms with Crippen LogP contribution in [0.1, 0.15) is 48.4 Å². The molecular weight excluding hydrogens is 403 g/mol. The maximum Gasteiger partial charge on any atom is 0.338 e.